The summed E-state index contributed by atoms with van der Waals surface area (Å²) < 4.78 is 45.4. The number of alkyl carbamates (subject to hydrolysis) is 1. The van der Waals surface area contributed by atoms with Gasteiger partial charge in [-0.25, -0.2) is 13.2 Å². The van der Waals surface area contributed by atoms with Gasteiger partial charge < -0.3 is 29.7 Å². The zero-order valence-corrected chi connectivity index (χ0v) is 32.0. The van der Waals surface area contributed by atoms with Crippen molar-refractivity contribution in [2.45, 2.75) is 114 Å². The second-order valence-corrected chi connectivity index (χ2v) is 18.0. The van der Waals surface area contributed by atoms with Gasteiger partial charge in [-0.3, -0.25) is 19.1 Å². The van der Waals surface area contributed by atoms with Crippen molar-refractivity contribution in [1.29, 1.82) is 0 Å². The third-order valence-electron chi connectivity index (χ3n) is 10.5. The van der Waals surface area contributed by atoms with Gasteiger partial charge in [0.25, 0.3) is 5.91 Å². The minimum Gasteiger partial charge on any atom is -0.481 e. The zero-order valence-electron chi connectivity index (χ0n) is 31.2. The molecule has 1 unspecified atom stereocenters. The zero-order chi connectivity index (χ0) is 38.3. The van der Waals surface area contributed by atoms with E-state index in [1.807, 2.05) is 43.3 Å². The lowest BCUT2D eigenvalue weighted by atomic mass is 9.88. The number of nitrogens with one attached hydrogen (secondary N) is 3. The molecule has 3 N–H and O–H groups in total. The van der Waals surface area contributed by atoms with Crippen LogP contribution in [0.5, 0.6) is 11.8 Å². The summed E-state index contributed by atoms with van der Waals surface area (Å²) in [5.41, 5.74) is -2.33. The minimum absolute atomic E-state index is 0.0303. The van der Waals surface area contributed by atoms with Crippen LogP contribution in [0.4, 0.5) is 4.79 Å². The summed E-state index contributed by atoms with van der Waals surface area (Å²) >= 11 is 0. The van der Waals surface area contributed by atoms with E-state index >= 15 is 0 Å². The molecule has 3 heterocycles. The number of ether oxygens (including phenoxy) is 3. The monoisotopic (exact) mass is 753 g/mol. The Morgan fingerprint density at radius 3 is 2.51 bits per heavy atom. The van der Waals surface area contributed by atoms with E-state index in [-0.39, 0.29) is 37.1 Å². The van der Waals surface area contributed by atoms with Crippen LogP contribution in [0.1, 0.15) is 79.6 Å². The van der Waals surface area contributed by atoms with Crippen molar-refractivity contribution in [1.82, 2.24) is 25.2 Å². The molecule has 0 bridgehead atoms. The molecule has 15 heteroatoms. The summed E-state index contributed by atoms with van der Waals surface area (Å²) in [6.45, 7) is 9.14. The number of hydrogen-bond donors (Lipinski definition) is 3. The normalized spacial score (nSPS) is 30.1. The minimum atomic E-state index is -3.90. The van der Waals surface area contributed by atoms with Crippen LogP contribution in [0.3, 0.4) is 0 Å². The van der Waals surface area contributed by atoms with Crippen LogP contribution < -0.4 is 24.8 Å². The first kappa shape index (κ1) is 38.3. The highest BCUT2D eigenvalue weighted by molar-refractivity contribution is 7.91. The molecule has 1 aromatic carbocycles. The van der Waals surface area contributed by atoms with Gasteiger partial charge in [-0.15, -0.1) is 0 Å². The van der Waals surface area contributed by atoms with E-state index in [0.717, 1.165) is 11.8 Å². The number of allylic oxidation sites excluding steroid dienone is 1. The summed E-state index contributed by atoms with van der Waals surface area (Å²) in [4.78, 5) is 62.0. The van der Waals surface area contributed by atoms with Crippen LogP contribution in [-0.4, -0.2) is 90.3 Å². The second-order valence-electron chi connectivity index (χ2n) is 16.1. The van der Waals surface area contributed by atoms with Crippen LogP contribution in [0.15, 0.2) is 42.5 Å². The molecule has 14 nitrogen and oxygen atoms in total. The maximum Gasteiger partial charge on any atom is 0.408 e. The number of hydrogen-bond acceptors (Lipinski definition) is 10. The summed E-state index contributed by atoms with van der Waals surface area (Å²) in [6, 6.07) is 7.08. The molecule has 7 atom stereocenters. The van der Waals surface area contributed by atoms with E-state index in [1.54, 1.807) is 26.8 Å². The Bertz CT molecular complexity index is 1890. The van der Waals surface area contributed by atoms with Crippen LogP contribution in [0, 0.1) is 17.8 Å². The highest BCUT2D eigenvalue weighted by atomic mass is 32.2. The summed E-state index contributed by atoms with van der Waals surface area (Å²) in [5.74, 6) is -1.96. The Morgan fingerprint density at radius 1 is 1.08 bits per heavy atom. The molecular weight excluding hydrogens is 703 g/mol. The van der Waals surface area contributed by atoms with Gasteiger partial charge in [-0.05, 0) is 82.6 Å². The Kier molecular flexibility index (Phi) is 10.7. The predicted molar refractivity (Wildman–Crippen MR) is 196 cm³/mol. The van der Waals surface area contributed by atoms with E-state index in [4.69, 9.17) is 14.2 Å². The van der Waals surface area contributed by atoms with Crippen molar-refractivity contribution in [3.05, 3.63) is 42.5 Å². The van der Waals surface area contributed by atoms with Crippen molar-refractivity contribution < 1.29 is 41.8 Å². The van der Waals surface area contributed by atoms with Crippen LogP contribution >= 0.6 is 0 Å². The Hall–Kier alpha value is -4.40. The summed E-state index contributed by atoms with van der Waals surface area (Å²) in [6.07, 6.45) is 5.57. The molecule has 2 aliphatic heterocycles. The van der Waals surface area contributed by atoms with Gasteiger partial charge in [-0.1, -0.05) is 44.2 Å². The molecule has 288 valence electrons. The number of fused-ring (bicyclic) bond motifs is 3. The molecule has 3 fully saturated rings. The van der Waals surface area contributed by atoms with E-state index in [9.17, 15) is 27.6 Å². The molecule has 1 aromatic heterocycles. The molecule has 2 aromatic rings. The van der Waals surface area contributed by atoms with Crippen molar-refractivity contribution in [3.8, 4) is 11.8 Å². The fourth-order valence-electron chi connectivity index (χ4n) is 7.43. The maximum atomic E-state index is 14.7. The van der Waals surface area contributed by atoms with Gasteiger partial charge >= 0.3 is 6.09 Å². The van der Waals surface area contributed by atoms with E-state index in [0.29, 0.717) is 36.9 Å². The molecule has 2 aliphatic carbocycles. The average molecular weight is 754 g/mol. The molecule has 0 spiro atoms. The van der Waals surface area contributed by atoms with Gasteiger partial charge in [0.2, 0.25) is 33.6 Å². The Morgan fingerprint density at radius 2 is 1.81 bits per heavy atom. The number of amides is 4. The topological polar surface area (TPSA) is 182 Å². The number of aromatic nitrogens is 1. The van der Waals surface area contributed by atoms with Gasteiger partial charge in [0.05, 0.1) is 18.9 Å². The summed E-state index contributed by atoms with van der Waals surface area (Å²) in [5, 5.41) is 6.59. The lowest BCUT2D eigenvalue weighted by Crippen LogP contribution is -2.59. The number of sulfonamides is 1. The van der Waals surface area contributed by atoms with E-state index < -0.39 is 74.3 Å². The van der Waals surface area contributed by atoms with Crippen LogP contribution in [0.2, 0.25) is 0 Å². The number of rotatable bonds is 7. The largest absolute Gasteiger partial charge is 0.481 e. The van der Waals surface area contributed by atoms with E-state index in [2.05, 4.69) is 27.3 Å². The standard InChI is InChI=1S/C38H51N5O9S/c1-22-11-7-9-13-25-20-38(25,35(46)42-53(48,49)27-15-16-27)41-32(44)29-19-26(51-33-28-14-10-8-12-24(28)18-30(39-33)50-6)21-43(29)34(45)31(23(2)17-22)40-36(47)52-37(3,4)5/h8-10,12-14,18,22-23,25-27,29,31H,7,11,15-17,19-21H2,1-6H3,(H,40,47)(H,41,44)(H,42,46)/b13-9-/t22-,23+,25?,26+,29-,31-,38+/m0/s1. The van der Waals surface area contributed by atoms with Gasteiger partial charge in [0, 0.05) is 23.8 Å². The number of methoxy groups -OCH3 is 1. The fraction of sp³-hybridized carbons (Fsp3) is 0.605. The molecule has 1 saturated heterocycles. The predicted octanol–water partition coefficient (Wildman–Crippen LogP) is 3.98. The Labute approximate surface area is 310 Å². The lowest BCUT2D eigenvalue weighted by Gasteiger charge is -2.33. The third-order valence-corrected chi connectivity index (χ3v) is 12.3. The lowest BCUT2D eigenvalue weighted by molar-refractivity contribution is -0.142. The molecule has 2 saturated carbocycles. The number of carbonyl (C=O) groups excluding carboxylic acids is 4. The van der Waals surface area contributed by atoms with Gasteiger partial charge in [0.1, 0.15) is 29.3 Å². The van der Waals surface area contributed by atoms with Crippen LogP contribution in [-0.2, 0) is 29.1 Å². The first-order valence-electron chi connectivity index (χ1n) is 18.4. The highest BCUT2D eigenvalue weighted by Gasteiger charge is 2.62. The third kappa shape index (κ3) is 8.71. The first-order chi connectivity index (χ1) is 25.0. The number of pyridine rings is 1. The van der Waals surface area contributed by atoms with Crippen molar-refractivity contribution in [2.75, 3.05) is 13.7 Å². The number of benzene rings is 1. The molecule has 0 radical (unpaired) electrons. The van der Waals surface area contributed by atoms with Crippen LogP contribution in [0.25, 0.3) is 10.8 Å². The molecule has 4 amide bonds. The maximum absolute atomic E-state index is 14.7. The summed E-state index contributed by atoms with van der Waals surface area (Å²) in [7, 11) is -2.40. The van der Waals surface area contributed by atoms with Gasteiger partial charge in [0.15, 0.2) is 0 Å². The van der Waals surface area contributed by atoms with Crippen molar-refractivity contribution in [2.24, 2.45) is 17.8 Å². The van der Waals surface area contributed by atoms with Gasteiger partial charge in [-0.2, -0.15) is 4.98 Å². The quantitative estimate of drug-likeness (QED) is 0.350. The highest BCUT2D eigenvalue weighted by Crippen LogP contribution is 2.46. The van der Waals surface area contributed by atoms with E-state index in [1.165, 1.54) is 12.0 Å². The van der Waals surface area contributed by atoms with Crippen molar-refractivity contribution in [3.63, 3.8) is 0 Å². The molecule has 4 aliphatic rings. The first-order valence-corrected chi connectivity index (χ1v) is 20.0. The second kappa shape index (κ2) is 14.8. The molecule has 6 rings (SSSR count). The number of carbonyl (C=O) groups is 4. The smallest absolute Gasteiger partial charge is 0.408 e. The fourth-order valence-corrected chi connectivity index (χ4v) is 8.79. The number of nitrogens with zero attached hydrogens (tertiary/aromatic N) is 2. The van der Waals surface area contributed by atoms with Crippen molar-refractivity contribution >= 4 is 44.6 Å². The SMILES string of the molecule is COc1cc2ccccc2c(O[C@@H]2C[C@H]3C(=O)N[C@]4(C(=O)NS(=O)(=O)C5CC5)CC4/C=C\CC[C@H](C)C[C@@H](C)[C@H](NC(=O)OC(C)(C)C)C(=O)N3C2)n1. The molecular formula is C38H51N5O9S. The molecule has 53 heavy (non-hydrogen) atoms. The average Bonchev–Trinajstić information content (AvgIpc) is 4.01. The Balaban J connectivity index is 1.35.